The Morgan fingerprint density at radius 2 is 2.19 bits per heavy atom. The standard InChI is InChI=1S/C19H23N3O3S/c1-12-8-13(2)18-14(19(24)21-15(18)9-12)10-17(23)22(5-6-25-3)11-16-20-4-7-26-16/h4,7-9,14H,5-6,10-11H2,1-3H3,(H,21,24)/t14-/m1/s1. The van der Waals surface area contributed by atoms with Crippen LogP contribution in [0.3, 0.4) is 0 Å². The molecular formula is C19H23N3O3S. The Morgan fingerprint density at radius 1 is 1.38 bits per heavy atom. The molecule has 0 fully saturated rings. The molecule has 1 aliphatic rings. The summed E-state index contributed by atoms with van der Waals surface area (Å²) in [5.41, 5.74) is 3.90. The molecule has 2 aromatic rings. The number of hydrogen-bond donors (Lipinski definition) is 1. The summed E-state index contributed by atoms with van der Waals surface area (Å²) in [6, 6.07) is 4.01. The predicted molar refractivity (Wildman–Crippen MR) is 101 cm³/mol. The fraction of sp³-hybridized carbons (Fsp3) is 0.421. The van der Waals surface area contributed by atoms with Crippen molar-refractivity contribution < 1.29 is 14.3 Å². The van der Waals surface area contributed by atoms with Crippen LogP contribution >= 0.6 is 11.3 Å². The molecule has 0 saturated carbocycles. The minimum absolute atomic E-state index is 0.0646. The number of thiazole rings is 1. The van der Waals surface area contributed by atoms with Crippen molar-refractivity contribution in [2.75, 3.05) is 25.6 Å². The van der Waals surface area contributed by atoms with Gasteiger partial charge in [-0.25, -0.2) is 4.98 Å². The van der Waals surface area contributed by atoms with E-state index in [1.165, 1.54) is 11.3 Å². The molecule has 1 aromatic carbocycles. The monoisotopic (exact) mass is 373 g/mol. The highest BCUT2D eigenvalue weighted by Gasteiger charge is 2.35. The molecule has 1 aliphatic heterocycles. The maximum absolute atomic E-state index is 12.9. The number of fused-ring (bicyclic) bond motifs is 1. The van der Waals surface area contributed by atoms with Crippen LogP contribution in [0.2, 0.25) is 0 Å². The van der Waals surface area contributed by atoms with E-state index in [0.29, 0.717) is 19.7 Å². The fourth-order valence-corrected chi connectivity index (χ4v) is 4.01. The van der Waals surface area contributed by atoms with E-state index in [1.807, 2.05) is 25.3 Å². The Kier molecular flexibility index (Phi) is 5.68. The quantitative estimate of drug-likeness (QED) is 0.810. The van der Waals surface area contributed by atoms with Crippen molar-refractivity contribution in [2.24, 2.45) is 0 Å². The Morgan fingerprint density at radius 3 is 2.88 bits per heavy atom. The van der Waals surface area contributed by atoms with E-state index < -0.39 is 5.92 Å². The van der Waals surface area contributed by atoms with Crippen LogP contribution in [-0.2, 0) is 20.9 Å². The minimum atomic E-state index is -0.445. The third kappa shape index (κ3) is 3.94. The van der Waals surface area contributed by atoms with Gasteiger partial charge in [0, 0.05) is 37.3 Å². The average Bonchev–Trinajstić information content (AvgIpc) is 3.19. The summed E-state index contributed by atoms with van der Waals surface area (Å²) in [7, 11) is 1.61. The number of aromatic nitrogens is 1. The highest BCUT2D eigenvalue weighted by molar-refractivity contribution is 7.09. The van der Waals surface area contributed by atoms with Gasteiger partial charge in [-0.2, -0.15) is 0 Å². The average molecular weight is 373 g/mol. The second-order valence-corrected chi connectivity index (χ2v) is 7.50. The van der Waals surface area contributed by atoms with Gasteiger partial charge in [-0.1, -0.05) is 6.07 Å². The molecule has 2 amide bonds. The molecule has 6 nitrogen and oxygen atoms in total. The summed E-state index contributed by atoms with van der Waals surface area (Å²) in [5.74, 6) is -0.618. The summed E-state index contributed by atoms with van der Waals surface area (Å²) >= 11 is 1.51. The van der Waals surface area contributed by atoms with Crippen LogP contribution in [0.25, 0.3) is 0 Å². The number of benzene rings is 1. The molecule has 138 valence electrons. The first-order chi connectivity index (χ1) is 12.5. The van der Waals surface area contributed by atoms with Crippen LogP contribution in [-0.4, -0.2) is 42.0 Å². The minimum Gasteiger partial charge on any atom is -0.383 e. The molecule has 0 radical (unpaired) electrons. The van der Waals surface area contributed by atoms with Crippen molar-refractivity contribution in [2.45, 2.75) is 32.7 Å². The van der Waals surface area contributed by atoms with Crippen molar-refractivity contribution >= 4 is 28.8 Å². The van der Waals surface area contributed by atoms with E-state index in [1.54, 1.807) is 18.2 Å². The SMILES string of the molecule is COCCN(Cc1nccs1)C(=O)C[C@H]1C(=O)Nc2cc(C)cc(C)c21. The van der Waals surface area contributed by atoms with E-state index >= 15 is 0 Å². The summed E-state index contributed by atoms with van der Waals surface area (Å²) in [4.78, 5) is 31.4. The van der Waals surface area contributed by atoms with E-state index in [0.717, 1.165) is 27.4 Å². The van der Waals surface area contributed by atoms with Crippen molar-refractivity contribution in [3.05, 3.63) is 45.4 Å². The highest BCUT2D eigenvalue weighted by atomic mass is 32.1. The normalized spacial score (nSPS) is 15.7. The van der Waals surface area contributed by atoms with Gasteiger partial charge in [-0.15, -0.1) is 11.3 Å². The lowest BCUT2D eigenvalue weighted by molar-refractivity contribution is -0.134. The molecule has 26 heavy (non-hydrogen) atoms. The zero-order valence-electron chi connectivity index (χ0n) is 15.2. The van der Waals surface area contributed by atoms with Gasteiger partial charge in [0.05, 0.1) is 19.1 Å². The first-order valence-electron chi connectivity index (χ1n) is 8.56. The Bertz CT molecular complexity index is 805. The third-order valence-electron chi connectivity index (χ3n) is 4.56. The smallest absolute Gasteiger partial charge is 0.232 e. The van der Waals surface area contributed by atoms with Gasteiger partial charge in [-0.05, 0) is 36.6 Å². The number of carbonyl (C=O) groups excluding carboxylic acids is 2. The first kappa shape index (κ1) is 18.5. The second kappa shape index (κ2) is 7.97. The van der Waals surface area contributed by atoms with Gasteiger partial charge in [0.1, 0.15) is 5.01 Å². The molecule has 0 saturated heterocycles. The van der Waals surface area contributed by atoms with Crippen molar-refractivity contribution in [3.8, 4) is 0 Å². The van der Waals surface area contributed by atoms with Crippen LogP contribution in [0.4, 0.5) is 5.69 Å². The summed E-state index contributed by atoms with van der Waals surface area (Å²) in [5, 5.41) is 5.68. The topological polar surface area (TPSA) is 71.5 Å². The zero-order chi connectivity index (χ0) is 18.7. The largest absolute Gasteiger partial charge is 0.383 e. The number of nitrogens with zero attached hydrogens (tertiary/aromatic N) is 2. The Balaban J connectivity index is 1.78. The van der Waals surface area contributed by atoms with Gasteiger partial charge in [0.15, 0.2) is 0 Å². The Labute approximate surface area is 157 Å². The number of rotatable bonds is 7. The fourth-order valence-electron chi connectivity index (χ4n) is 3.38. The molecule has 7 heteroatoms. The summed E-state index contributed by atoms with van der Waals surface area (Å²) in [6.07, 6.45) is 1.88. The van der Waals surface area contributed by atoms with E-state index in [-0.39, 0.29) is 18.2 Å². The van der Waals surface area contributed by atoms with Crippen LogP contribution in [0.5, 0.6) is 0 Å². The Hall–Kier alpha value is -2.25. The number of nitrogens with one attached hydrogen (secondary N) is 1. The molecule has 1 aromatic heterocycles. The van der Waals surface area contributed by atoms with Gasteiger partial charge in [0.25, 0.3) is 0 Å². The summed E-state index contributed by atoms with van der Waals surface area (Å²) < 4.78 is 5.13. The number of amides is 2. The molecule has 3 rings (SSSR count). The van der Waals surface area contributed by atoms with Gasteiger partial charge >= 0.3 is 0 Å². The van der Waals surface area contributed by atoms with E-state index in [2.05, 4.69) is 16.4 Å². The number of hydrogen-bond acceptors (Lipinski definition) is 5. The molecule has 0 spiro atoms. The first-order valence-corrected chi connectivity index (χ1v) is 9.44. The molecular weight excluding hydrogens is 350 g/mol. The van der Waals surface area contributed by atoms with Crippen molar-refractivity contribution in [1.82, 2.24) is 9.88 Å². The van der Waals surface area contributed by atoms with Crippen LogP contribution < -0.4 is 5.32 Å². The molecule has 0 unspecified atom stereocenters. The molecule has 0 bridgehead atoms. The lowest BCUT2D eigenvalue weighted by atomic mass is 9.91. The van der Waals surface area contributed by atoms with Gasteiger partial charge in [0.2, 0.25) is 11.8 Å². The van der Waals surface area contributed by atoms with E-state index in [9.17, 15) is 9.59 Å². The second-order valence-electron chi connectivity index (χ2n) is 6.52. The summed E-state index contributed by atoms with van der Waals surface area (Å²) in [6.45, 7) is 5.35. The maximum atomic E-state index is 12.9. The third-order valence-corrected chi connectivity index (χ3v) is 5.32. The molecule has 2 heterocycles. The predicted octanol–water partition coefficient (Wildman–Crippen LogP) is 2.86. The number of anilines is 1. The number of aryl methyl sites for hydroxylation is 2. The highest BCUT2D eigenvalue weighted by Crippen LogP contribution is 2.38. The van der Waals surface area contributed by atoms with Crippen LogP contribution in [0.15, 0.2) is 23.7 Å². The van der Waals surface area contributed by atoms with Gasteiger partial charge in [-0.3, -0.25) is 9.59 Å². The lowest BCUT2D eigenvalue weighted by Gasteiger charge is -2.23. The maximum Gasteiger partial charge on any atom is 0.232 e. The molecule has 0 aliphatic carbocycles. The van der Waals surface area contributed by atoms with E-state index in [4.69, 9.17) is 4.74 Å². The zero-order valence-corrected chi connectivity index (χ0v) is 16.1. The molecule has 1 N–H and O–H groups in total. The van der Waals surface area contributed by atoms with Crippen molar-refractivity contribution in [3.63, 3.8) is 0 Å². The lowest BCUT2D eigenvalue weighted by Crippen LogP contribution is -2.35. The molecule has 1 atom stereocenters. The number of carbonyl (C=O) groups is 2. The van der Waals surface area contributed by atoms with Crippen molar-refractivity contribution in [1.29, 1.82) is 0 Å². The number of methoxy groups -OCH3 is 1. The van der Waals surface area contributed by atoms with Gasteiger partial charge < -0.3 is 15.0 Å². The number of ether oxygens (including phenoxy) is 1. The van der Waals surface area contributed by atoms with Crippen LogP contribution in [0, 0.1) is 13.8 Å². The van der Waals surface area contributed by atoms with Crippen LogP contribution in [0.1, 0.15) is 34.0 Å².